The van der Waals surface area contributed by atoms with Crippen LogP contribution in [0.25, 0.3) is 10.4 Å². The largest absolute Gasteiger partial charge is 0.521 e. The standard InChI is InChI=1S/C7H12BN4O4P/c1-2-5-3-7(8)16-6(5)4-15-17(13,14)12-11-10-9/h2,5-7H,1,3-4H2,(H2,12,13,14)/t5-,6+,7+/m0/s1. The van der Waals surface area contributed by atoms with Gasteiger partial charge in [-0.25, -0.2) is 4.57 Å². The minimum Gasteiger partial charge on any atom is -0.382 e. The van der Waals surface area contributed by atoms with Gasteiger partial charge in [0.25, 0.3) is 0 Å². The van der Waals surface area contributed by atoms with Gasteiger partial charge in [-0.1, -0.05) is 6.08 Å². The molecule has 2 radical (unpaired) electrons. The van der Waals surface area contributed by atoms with E-state index in [-0.39, 0.29) is 12.5 Å². The Morgan fingerprint density at radius 1 is 1.88 bits per heavy atom. The summed E-state index contributed by atoms with van der Waals surface area (Å²) in [5.41, 5.74) is 7.98. The third kappa shape index (κ3) is 4.42. The fourth-order valence-electron chi connectivity index (χ4n) is 1.49. The van der Waals surface area contributed by atoms with Gasteiger partial charge in [0.05, 0.1) is 12.7 Å². The van der Waals surface area contributed by atoms with E-state index in [4.69, 9.17) is 22.6 Å². The monoisotopic (exact) mass is 258 g/mol. The molecule has 0 aliphatic carbocycles. The van der Waals surface area contributed by atoms with E-state index >= 15 is 0 Å². The summed E-state index contributed by atoms with van der Waals surface area (Å²) in [6, 6.07) is -0.435. The van der Waals surface area contributed by atoms with E-state index in [1.807, 2.05) is 0 Å². The SMILES string of the molecule is [B][C@H]1C[C@H](C=C)[C@@H](COP(=O)(O)NN=[N+]=[N-])O1. The molecule has 1 saturated heterocycles. The first-order valence-corrected chi connectivity index (χ1v) is 6.38. The second-order valence-electron chi connectivity index (χ2n) is 3.45. The van der Waals surface area contributed by atoms with Crippen LogP contribution in [0.1, 0.15) is 6.42 Å². The highest BCUT2D eigenvalue weighted by Gasteiger charge is 2.33. The number of nitrogens with one attached hydrogen (secondary N) is 1. The highest BCUT2D eigenvalue weighted by Crippen LogP contribution is 2.38. The lowest BCUT2D eigenvalue weighted by Gasteiger charge is -2.16. The van der Waals surface area contributed by atoms with Gasteiger partial charge in [-0.3, -0.25) is 9.42 Å². The predicted octanol–water partition coefficient (Wildman–Crippen LogP) is 1.00. The summed E-state index contributed by atoms with van der Waals surface area (Å²) in [5, 5.41) is 4.41. The van der Waals surface area contributed by atoms with Gasteiger partial charge < -0.3 is 4.74 Å². The van der Waals surface area contributed by atoms with Crippen LogP contribution in [0.3, 0.4) is 0 Å². The van der Waals surface area contributed by atoms with Crippen molar-refractivity contribution in [2.45, 2.75) is 18.5 Å². The van der Waals surface area contributed by atoms with Crippen molar-refractivity contribution in [3.05, 3.63) is 23.1 Å². The normalized spacial score (nSPS) is 31.2. The molecule has 0 saturated carbocycles. The van der Waals surface area contributed by atoms with Gasteiger partial charge in [0, 0.05) is 11.9 Å². The van der Waals surface area contributed by atoms with Crippen molar-refractivity contribution in [1.82, 2.24) is 5.20 Å². The Bertz CT molecular complexity index is 375. The summed E-state index contributed by atoms with van der Waals surface area (Å²) in [7, 11) is 1.43. The molecule has 0 aromatic heterocycles. The molecule has 1 fully saturated rings. The molecule has 8 nitrogen and oxygen atoms in total. The molecule has 1 aliphatic rings. The second-order valence-corrected chi connectivity index (χ2v) is 4.95. The third-order valence-electron chi connectivity index (χ3n) is 2.26. The van der Waals surface area contributed by atoms with Crippen LogP contribution in [0.5, 0.6) is 0 Å². The molecule has 0 aromatic carbocycles. The van der Waals surface area contributed by atoms with Crippen LogP contribution in [0, 0.1) is 5.92 Å². The van der Waals surface area contributed by atoms with Crippen molar-refractivity contribution in [1.29, 1.82) is 0 Å². The van der Waals surface area contributed by atoms with Crippen molar-refractivity contribution in [3.8, 4) is 0 Å². The molecule has 0 spiro atoms. The third-order valence-corrected chi connectivity index (χ3v) is 3.11. The van der Waals surface area contributed by atoms with E-state index in [9.17, 15) is 9.46 Å². The van der Waals surface area contributed by atoms with Crippen LogP contribution in [0.2, 0.25) is 0 Å². The summed E-state index contributed by atoms with van der Waals surface area (Å²) in [4.78, 5) is 11.5. The Morgan fingerprint density at radius 3 is 3.18 bits per heavy atom. The molecule has 17 heavy (non-hydrogen) atoms. The average molecular weight is 258 g/mol. The number of nitrogens with zero attached hydrogens (tertiary/aromatic N) is 3. The van der Waals surface area contributed by atoms with Gasteiger partial charge in [0.1, 0.15) is 7.85 Å². The zero-order valence-corrected chi connectivity index (χ0v) is 9.86. The lowest BCUT2D eigenvalue weighted by atomic mass is 9.91. The predicted molar refractivity (Wildman–Crippen MR) is 60.8 cm³/mol. The van der Waals surface area contributed by atoms with Crippen molar-refractivity contribution in [3.63, 3.8) is 0 Å². The van der Waals surface area contributed by atoms with E-state index < -0.39 is 19.9 Å². The van der Waals surface area contributed by atoms with Crippen molar-refractivity contribution in [2.75, 3.05) is 6.61 Å². The van der Waals surface area contributed by atoms with Gasteiger partial charge in [0.15, 0.2) is 0 Å². The van der Waals surface area contributed by atoms with E-state index in [0.717, 1.165) is 0 Å². The second kappa shape index (κ2) is 6.09. The molecule has 1 unspecified atom stereocenters. The molecule has 0 amide bonds. The highest BCUT2D eigenvalue weighted by atomic mass is 31.2. The Balaban J connectivity index is 2.47. The number of hydrogen-bond donors (Lipinski definition) is 2. The van der Waals surface area contributed by atoms with E-state index in [1.165, 1.54) is 0 Å². The lowest BCUT2D eigenvalue weighted by Crippen LogP contribution is -2.22. The van der Waals surface area contributed by atoms with E-state index in [0.29, 0.717) is 6.42 Å². The zero-order valence-electron chi connectivity index (χ0n) is 8.97. The van der Waals surface area contributed by atoms with Crippen molar-refractivity contribution >= 4 is 15.6 Å². The maximum atomic E-state index is 11.3. The van der Waals surface area contributed by atoms with Crippen LogP contribution in [0.4, 0.5) is 0 Å². The zero-order chi connectivity index (χ0) is 12.9. The van der Waals surface area contributed by atoms with Crippen LogP contribution >= 0.6 is 7.75 Å². The number of hydrogen-bond acceptors (Lipinski definition) is 4. The van der Waals surface area contributed by atoms with Gasteiger partial charge in [-0.05, 0) is 11.6 Å². The lowest BCUT2D eigenvalue weighted by molar-refractivity contribution is 0.0368. The summed E-state index contributed by atoms with van der Waals surface area (Å²) in [6.07, 6.45) is 1.80. The Kier molecular flexibility index (Phi) is 5.05. The van der Waals surface area contributed by atoms with Gasteiger partial charge in [-0.15, -0.1) is 12.1 Å². The fraction of sp³-hybridized carbons (Fsp3) is 0.714. The molecule has 2 N–H and O–H groups in total. The molecular formula is C7H12BN4O4P. The fourth-order valence-corrected chi connectivity index (χ4v) is 2.05. The molecule has 4 atom stereocenters. The number of ether oxygens (including phenoxy) is 1. The molecule has 0 bridgehead atoms. The number of rotatable bonds is 6. The smallest absolute Gasteiger partial charge is 0.382 e. The summed E-state index contributed by atoms with van der Waals surface area (Å²) in [5.74, 6) is -0.0375. The van der Waals surface area contributed by atoms with Crippen LogP contribution in [0.15, 0.2) is 17.9 Å². The maximum absolute atomic E-state index is 11.3. The number of azide groups is 1. The minimum atomic E-state index is -4.14. The summed E-state index contributed by atoms with van der Waals surface area (Å²) >= 11 is 0. The van der Waals surface area contributed by atoms with Gasteiger partial charge in [0.2, 0.25) is 0 Å². The average Bonchev–Trinajstić information content (AvgIpc) is 2.65. The molecule has 10 heteroatoms. The van der Waals surface area contributed by atoms with Gasteiger partial charge in [-0.2, -0.15) is 10.1 Å². The Labute approximate surface area is 99.6 Å². The molecular weight excluding hydrogens is 246 g/mol. The first-order valence-electron chi connectivity index (χ1n) is 4.81. The Hall–Kier alpha value is -0.975. The van der Waals surface area contributed by atoms with Crippen LogP contribution < -0.4 is 5.20 Å². The van der Waals surface area contributed by atoms with Crippen LogP contribution in [-0.4, -0.2) is 31.5 Å². The molecule has 0 aromatic rings. The Morgan fingerprint density at radius 2 is 2.59 bits per heavy atom. The van der Waals surface area contributed by atoms with Crippen molar-refractivity contribution in [2.24, 2.45) is 11.1 Å². The molecule has 1 heterocycles. The topological polar surface area (TPSA) is 117 Å². The van der Waals surface area contributed by atoms with Crippen molar-refractivity contribution < 1.29 is 18.7 Å². The van der Waals surface area contributed by atoms with Gasteiger partial charge >= 0.3 is 7.75 Å². The summed E-state index contributed by atoms with van der Waals surface area (Å²) in [6.45, 7) is 3.47. The van der Waals surface area contributed by atoms with E-state index in [2.05, 4.69) is 16.7 Å². The maximum Gasteiger partial charge on any atom is 0.521 e. The summed E-state index contributed by atoms with van der Waals surface area (Å²) < 4.78 is 21.2. The molecule has 1 aliphatic heterocycles. The highest BCUT2D eigenvalue weighted by molar-refractivity contribution is 7.50. The van der Waals surface area contributed by atoms with Crippen LogP contribution in [-0.2, 0) is 13.8 Å². The quantitative estimate of drug-likeness (QED) is 0.140. The first kappa shape index (κ1) is 14.1. The molecule has 92 valence electrons. The van der Waals surface area contributed by atoms with E-state index in [1.54, 1.807) is 11.3 Å². The first-order chi connectivity index (χ1) is 7.98. The molecule has 1 rings (SSSR count). The minimum absolute atomic E-state index is 0.0375.